The molecule has 1 fully saturated rings. The molecular weight excluding hydrogens is 388 g/mol. The Morgan fingerprint density at radius 2 is 2.24 bits per heavy atom. The van der Waals surface area contributed by atoms with Crippen LogP contribution >= 0.6 is 11.3 Å². The van der Waals surface area contributed by atoms with Gasteiger partial charge >= 0.3 is 0 Å². The summed E-state index contributed by atoms with van der Waals surface area (Å²) in [5.41, 5.74) is 2.03. The molecular formula is C19H16N8OS. The summed E-state index contributed by atoms with van der Waals surface area (Å²) in [7, 11) is 0. The van der Waals surface area contributed by atoms with Gasteiger partial charge < -0.3 is 5.11 Å². The van der Waals surface area contributed by atoms with Crippen LogP contribution in [-0.2, 0) is 6.61 Å². The number of aromatic amines is 1. The first kappa shape index (κ1) is 17.5. The van der Waals surface area contributed by atoms with Gasteiger partial charge in [0.05, 0.1) is 11.6 Å². The van der Waals surface area contributed by atoms with Crippen molar-refractivity contribution in [3.8, 4) is 22.3 Å². The lowest BCUT2D eigenvalue weighted by Crippen LogP contribution is -1.99. The van der Waals surface area contributed by atoms with Crippen molar-refractivity contribution in [3.05, 3.63) is 53.9 Å². The van der Waals surface area contributed by atoms with Crippen molar-refractivity contribution in [1.29, 1.82) is 5.26 Å². The molecule has 0 aliphatic heterocycles. The van der Waals surface area contributed by atoms with Gasteiger partial charge in [0.15, 0.2) is 5.13 Å². The third-order valence-electron chi connectivity index (χ3n) is 4.64. The first-order chi connectivity index (χ1) is 14.2. The number of hydrogen-bond donors (Lipinski definition) is 3. The van der Waals surface area contributed by atoms with Gasteiger partial charge in [0.1, 0.15) is 29.0 Å². The Morgan fingerprint density at radius 3 is 3.03 bits per heavy atom. The number of aliphatic hydroxyl groups is 1. The fraction of sp³-hybridized carbons (Fsp3) is 0.211. The Hall–Kier alpha value is -3.55. The van der Waals surface area contributed by atoms with E-state index in [-0.39, 0.29) is 6.61 Å². The van der Waals surface area contributed by atoms with Crippen LogP contribution < -0.4 is 5.32 Å². The van der Waals surface area contributed by atoms with Crippen LogP contribution in [0.5, 0.6) is 0 Å². The molecule has 0 bridgehead atoms. The minimum absolute atomic E-state index is 0.197. The molecule has 1 aliphatic carbocycles. The molecule has 1 aromatic carbocycles. The number of aliphatic hydroxyl groups excluding tert-OH is 1. The molecule has 1 aliphatic rings. The van der Waals surface area contributed by atoms with Crippen LogP contribution in [0.4, 0.5) is 11.1 Å². The number of nitriles is 1. The summed E-state index contributed by atoms with van der Waals surface area (Å²) in [6.07, 6.45) is 5.68. The van der Waals surface area contributed by atoms with Crippen LogP contribution in [0.1, 0.15) is 36.0 Å². The van der Waals surface area contributed by atoms with Gasteiger partial charge in [0, 0.05) is 23.9 Å². The van der Waals surface area contributed by atoms with Crippen LogP contribution in [0.2, 0.25) is 0 Å². The molecule has 0 amide bonds. The molecule has 1 saturated carbocycles. The highest BCUT2D eigenvalue weighted by atomic mass is 32.1. The maximum atomic E-state index is 9.63. The molecule has 0 saturated heterocycles. The van der Waals surface area contributed by atoms with E-state index in [0.717, 1.165) is 29.2 Å². The first-order valence-corrected chi connectivity index (χ1v) is 9.91. The largest absolute Gasteiger partial charge is 0.388 e. The van der Waals surface area contributed by atoms with Crippen LogP contribution in [-0.4, -0.2) is 34.8 Å². The fourth-order valence-corrected chi connectivity index (χ4v) is 4.04. The highest BCUT2D eigenvalue weighted by Crippen LogP contribution is 2.39. The summed E-state index contributed by atoms with van der Waals surface area (Å²) >= 11 is 1.40. The van der Waals surface area contributed by atoms with Crippen molar-refractivity contribution in [2.75, 3.05) is 5.32 Å². The summed E-state index contributed by atoms with van der Waals surface area (Å²) in [5, 5.41) is 30.6. The van der Waals surface area contributed by atoms with Gasteiger partial charge in [-0.05, 0) is 25.0 Å². The molecule has 144 valence electrons. The zero-order valence-corrected chi connectivity index (χ0v) is 16.0. The number of imidazole rings is 1. The summed E-state index contributed by atoms with van der Waals surface area (Å²) in [5.74, 6) is 2.35. The molecule has 0 unspecified atom stereocenters. The fourth-order valence-electron chi connectivity index (χ4n) is 3.05. The number of thiazole rings is 1. The molecule has 29 heavy (non-hydrogen) atoms. The van der Waals surface area contributed by atoms with Crippen molar-refractivity contribution in [2.45, 2.75) is 25.4 Å². The van der Waals surface area contributed by atoms with Crippen LogP contribution in [0.3, 0.4) is 0 Å². The van der Waals surface area contributed by atoms with Gasteiger partial charge in [0.2, 0.25) is 5.95 Å². The third-order valence-corrected chi connectivity index (χ3v) is 5.61. The number of nitrogens with one attached hydrogen (secondary N) is 2. The van der Waals surface area contributed by atoms with Crippen LogP contribution in [0.15, 0.2) is 36.7 Å². The van der Waals surface area contributed by atoms with E-state index in [0.29, 0.717) is 34.1 Å². The molecule has 9 nitrogen and oxygen atoms in total. The number of aromatic nitrogens is 6. The molecule has 0 atom stereocenters. The molecule has 10 heteroatoms. The first-order valence-electron chi connectivity index (χ1n) is 9.09. The highest BCUT2D eigenvalue weighted by Gasteiger charge is 2.27. The Balaban J connectivity index is 1.56. The average Bonchev–Trinajstić information content (AvgIpc) is 3.15. The van der Waals surface area contributed by atoms with E-state index in [9.17, 15) is 10.4 Å². The SMILES string of the molecule is N#Cc1cccc(-c2nc(Nc3n[nH]c(C4CC4)n3)sc2-n2ccnc2CO)c1. The predicted octanol–water partition coefficient (Wildman–Crippen LogP) is 3.10. The van der Waals surface area contributed by atoms with E-state index < -0.39 is 0 Å². The van der Waals surface area contributed by atoms with Crippen molar-refractivity contribution in [1.82, 2.24) is 29.7 Å². The normalized spacial score (nSPS) is 13.4. The van der Waals surface area contributed by atoms with E-state index in [1.807, 2.05) is 12.1 Å². The number of rotatable bonds is 6. The van der Waals surface area contributed by atoms with Crippen molar-refractivity contribution in [2.24, 2.45) is 0 Å². The molecule has 4 aromatic rings. The smallest absolute Gasteiger partial charge is 0.248 e. The number of hydrogen-bond acceptors (Lipinski definition) is 8. The van der Waals surface area contributed by atoms with Crippen LogP contribution in [0, 0.1) is 11.3 Å². The lowest BCUT2D eigenvalue weighted by molar-refractivity contribution is 0.269. The van der Waals surface area contributed by atoms with Gasteiger partial charge in [-0.3, -0.25) is 15.0 Å². The molecule has 3 heterocycles. The average molecular weight is 404 g/mol. The van der Waals surface area contributed by atoms with Gasteiger partial charge in [-0.15, -0.1) is 5.10 Å². The highest BCUT2D eigenvalue weighted by molar-refractivity contribution is 7.18. The maximum Gasteiger partial charge on any atom is 0.248 e. The van der Waals surface area contributed by atoms with Crippen LogP contribution in [0.25, 0.3) is 16.3 Å². The minimum atomic E-state index is -0.197. The van der Waals surface area contributed by atoms with Crippen molar-refractivity contribution < 1.29 is 5.11 Å². The molecule has 3 N–H and O–H groups in total. The second kappa shape index (κ2) is 7.12. The quantitative estimate of drug-likeness (QED) is 0.450. The number of H-pyrrole nitrogens is 1. The molecule has 3 aromatic heterocycles. The molecule has 0 radical (unpaired) electrons. The number of benzene rings is 1. The second-order valence-corrected chi connectivity index (χ2v) is 7.66. The summed E-state index contributed by atoms with van der Waals surface area (Å²) in [4.78, 5) is 13.4. The monoisotopic (exact) mass is 404 g/mol. The van der Waals surface area contributed by atoms with Gasteiger partial charge in [-0.2, -0.15) is 10.2 Å². The topological polar surface area (TPSA) is 128 Å². The Bertz CT molecular complexity index is 1210. The number of anilines is 2. The predicted molar refractivity (Wildman–Crippen MR) is 107 cm³/mol. The van der Waals surface area contributed by atoms with E-state index >= 15 is 0 Å². The Labute approximate surface area is 169 Å². The van der Waals surface area contributed by atoms with E-state index in [1.165, 1.54) is 11.3 Å². The van der Waals surface area contributed by atoms with Crippen molar-refractivity contribution >= 4 is 22.4 Å². The minimum Gasteiger partial charge on any atom is -0.388 e. The molecule has 5 rings (SSSR count). The third kappa shape index (κ3) is 3.37. The van der Waals surface area contributed by atoms with E-state index in [2.05, 4.69) is 31.6 Å². The second-order valence-electron chi connectivity index (χ2n) is 6.68. The van der Waals surface area contributed by atoms with Gasteiger partial charge in [-0.25, -0.2) is 9.97 Å². The Morgan fingerprint density at radius 1 is 1.34 bits per heavy atom. The standard InChI is InChI=1S/C19H16N8OS/c20-9-11-2-1-3-13(8-11)15-17(27-7-6-21-14(27)10-28)29-19(22-15)24-18-23-16(25-26-18)12-4-5-12/h1-3,6-8,12,28H,4-5,10H2,(H2,22,23,24,25,26). The Kier molecular flexibility index (Phi) is 4.31. The lowest BCUT2D eigenvalue weighted by Gasteiger charge is -2.06. The zero-order valence-electron chi connectivity index (χ0n) is 15.2. The van der Waals surface area contributed by atoms with E-state index in [4.69, 9.17) is 4.98 Å². The molecule has 0 spiro atoms. The van der Waals surface area contributed by atoms with Crippen molar-refractivity contribution in [3.63, 3.8) is 0 Å². The maximum absolute atomic E-state index is 9.63. The summed E-state index contributed by atoms with van der Waals surface area (Å²) in [6, 6.07) is 9.41. The summed E-state index contributed by atoms with van der Waals surface area (Å²) in [6.45, 7) is -0.197. The van der Waals surface area contributed by atoms with E-state index in [1.54, 1.807) is 29.1 Å². The zero-order chi connectivity index (χ0) is 19.8. The van der Waals surface area contributed by atoms with Gasteiger partial charge in [0.25, 0.3) is 0 Å². The summed E-state index contributed by atoms with van der Waals surface area (Å²) < 4.78 is 1.80. The van der Waals surface area contributed by atoms with Gasteiger partial charge in [-0.1, -0.05) is 23.5 Å². The number of nitrogens with zero attached hydrogens (tertiary/aromatic N) is 6. The lowest BCUT2D eigenvalue weighted by atomic mass is 10.1.